The van der Waals surface area contributed by atoms with Crippen LogP contribution in [-0.4, -0.2) is 42.2 Å². The van der Waals surface area contributed by atoms with Gasteiger partial charge in [-0.2, -0.15) is 18.2 Å². The molecule has 13 heteroatoms. The van der Waals surface area contributed by atoms with E-state index in [1.807, 2.05) is 12.1 Å². The summed E-state index contributed by atoms with van der Waals surface area (Å²) in [6.07, 6.45) is -4.59. The molecule has 0 atom stereocenters. The minimum atomic E-state index is -4.59. The maximum Gasteiger partial charge on any atom is 0.433 e. The summed E-state index contributed by atoms with van der Waals surface area (Å²) < 4.78 is 39.1. The molecule has 1 aliphatic rings. The quantitative estimate of drug-likeness (QED) is 0.435. The molecular weight excluding hydrogens is 506 g/mol. The summed E-state index contributed by atoms with van der Waals surface area (Å²) in [5, 5.41) is 6.06. The van der Waals surface area contributed by atoms with E-state index in [4.69, 9.17) is 17.3 Å². The van der Waals surface area contributed by atoms with Crippen molar-refractivity contribution in [3.05, 3.63) is 65.3 Å². The molecule has 1 aliphatic heterocycles. The number of rotatable bonds is 4. The topological polar surface area (TPSA) is 99.4 Å². The van der Waals surface area contributed by atoms with Crippen molar-refractivity contribution in [3.63, 3.8) is 0 Å². The van der Waals surface area contributed by atoms with Crippen LogP contribution in [0.4, 0.5) is 46.8 Å². The summed E-state index contributed by atoms with van der Waals surface area (Å²) >= 11 is 5.84. The van der Waals surface area contributed by atoms with Crippen LogP contribution >= 0.6 is 24.0 Å². The van der Waals surface area contributed by atoms with Crippen LogP contribution in [0.1, 0.15) is 5.69 Å². The van der Waals surface area contributed by atoms with Gasteiger partial charge in [-0.15, -0.1) is 12.4 Å². The van der Waals surface area contributed by atoms with Gasteiger partial charge in [-0.05, 0) is 48.5 Å². The molecule has 2 amide bonds. The molecule has 0 saturated carbocycles. The monoisotopic (exact) mass is 527 g/mol. The number of hydrogen-bond acceptors (Lipinski definition) is 6. The highest BCUT2D eigenvalue weighted by atomic mass is 35.5. The van der Waals surface area contributed by atoms with Gasteiger partial charge < -0.3 is 26.2 Å². The summed E-state index contributed by atoms with van der Waals surface area (Å²) in [5.74, 6) is -0.249. The number of nitrogens with two attached hydrogens (primary N) is 1. The number of amides is 2. The van der Waals surface area contributed by atoms with E-state index >= 15 is 0 Å². The molecule has 4 rings (SSSR count). The first kappa shape index (κ1) is 26.2. The lowest BCUT2D eigenvalue weighted by molar-refractivity contribution is -0.141. The predicted molar refractivity (Wildman–Crippen MR) is 134 cm³/mol. The molecule has 2 heterocycles. The first-order valence-corrected chi connectivity index (χ1v) is 10.7. The lowest BCUT2D eigenvalue weighted by atomic mass is 10.2. The fourth-order valence-corrected chi connectivity index (χ4v) is 3.66. The predicted octanol–water partition coefficient (Wildman–Crippen LogP) is 5.12. The molecule has 0 unspecified atom stereocenters. The standard InChI is InChI=1S/C22H21ClF3N7O.ClH/c23-14-1-3-15(4-2-14)28-21(34)29-16-5-7-17(8-6-16)32-9-11-33(12-10-32)19-13-18(22(24,25)26)30-20(27)31-19;/h1-8,13H,9-12H2,(H2,27,30,31)(H2,28,29,34);1H. The Labute approximate surface area is 210 Å². The highest BCUT2D eigenvalue weighted by Gasteiger charge is 2.34. The molecule has 35 heavy (non-hydrogen) atoms. The van der Waals surface area contributed by atoms with E-state index in [2.05, 4.69) is 25.5 Å². The zero-order valence-electron chi connectivity index (χ0n) is 18.2. The van der Waals surface area contributed by atoms with Gasteiger partial charge >= 0.3 is 12.2 Å². The van der Waals surface area contributed by atoms with Crippen molar-refractivity contribution in [3.8, 4) is 0 Å². The van der Waals surface area contributed by atoms with Crippen LogP contribution in [0, 0.1) is 0 Å². The Balaban J connectivity index is 0.00000342. The normalized spacial score (nSPS) is 13.7. The Morgan fingerprint density at radius 2 is 1.40 bits per heavy atom. The first-order chi connectivity index (χ1) is 16.2. The number of nitrogens with one attached hydrogen (secondary N) is 2. The second-order valence-electron chi connectivity index (χ2n) is 7.57. The number of nitrogen functional groups attached to an aromatic ring is 1. The van der Waals surface area contributed by atoms with E-state index in [1.54, 1.807) is 41.3 Å². The lowest BCUT2D eigenvalue weighted by Gasteiger charge is -2.37. The molecule has 8 nitrogen and oxygen atoms in total. The van der Waals surface area contributed by atoms with Crippen LogP contribution in [0.15, 0.2) is 54.6 Å². The van der Waals surface area contributed by atoms with E-state index < -0.39 is 17.8 Å². The van der Waals surface area contributed by atoms with Crippen LogP contribution < -0.4 is 26.2 Å². The first-order valence-electron chi connectivity index (χ1n) is 10.3. The summed E-state index contributed by atoms with van der Waals surface area (Å²) in [6.45, 7) is 2.10. The summed E-state index contributed by atoms with van der Waals surface area (Å²) in [4.78, 5) is 23.3. The summed E-state index contributed by atoms with van der Waals surface area (Å²) in [7, 11) is 0. The molecule has 1 saturated heterocycles. The van der Waals surface area contributed by atoms with Crippen molar-refractivity contribution >= 4 is 58.9 Å². The van der Waals surface area contributed by atoms with Crippen LogP contribution in [0.25, 0.3) is 0 Å². The molecule has 1 fully saturated rings. The number of piperazine rings is 1. The Hall–Kier alpha value is -3.44. The number of aromatic nitrogens is 2. The molecule has 4 N–H and O–H groups in total. The minimum absolute atomic E-state index is 0. The number of anilines is 5. The van der Waals surface area contributed by atoms with E-state index in [-0.39, 0.29) is 24.3 Å². The van der Waals surface area contributed by atoms with Gasteiger partial charge in [0.25, 0.3) is 0 Å². The van der Waals surface area contributed by atoms with Crippen molar-refractivity contribution in [1.29, 1.82) is 0 Å². The fourth-order valence-electron chi connectivity index (χ4n) is 3.54. The summed E-state index contributed by atoms with van der Waals surface area (Å²) in [5.41, 5.74) is 6.59. The van der Waals surface area contributed by atoms with Gasteiger partial charge in [-0.1, -0.05) is 11.6 Å². The molecule has 0 radical (unpaired) electrons. The number of carbonyl (C=O) groups excluding carboxylic acids is 1. The van der Waals surface area contributed by atoms with Gasteiger partial charge in [0, 0.05) is 54.3 Å². The molecule has 186 valence electrons. The van der Waals surface area contributed by atoms with Crippen LogP contribution in [0.3, 0.4) is 0 Å². The van der Waals surface area contributed by atoms with Crippen LogP contribution in [0.2, 0.25) is 5.02 Å². The average molecular weight is 528 g/mol. The number of nitrogens with zero attached hydrogens (tertiary/aromatic N) is 4. The second-order valence-corrected chi connectivity index (χ2v) is 8.01. The van der Waals surface area contributed by atoms with Crippen molar-refractivity contribution in [2.45, 2.75) is 6.18 Å². The third-order valence-electron chi connectivity index (χ3n) is 5.22. The molecule has 0 aliphatic carbocycles. The second kappa shape index (κ2) is 10.9. The Kier molecular flexibility index (Phi) is 8.13. The number of carbonyl (C=O) groups is 1. The number of hydrogen-bond donors (Lipinski definition) is 3. The fraction of sp³-hybridized carbons (Fsp3) is 0.227. The highest BCUT2D eigenvalue weighted by Crippen LogP contribution is 2.30. The third-order valence-corrected chi connectivity index (χ3v) is 5.47. The van der Waals surface area contributed by atoms with E-state index in [9.17, 15) is 18.0 Å². The molecule has 0 bridgehead atoms. The van der Waals surface area contributed by atoms with E-state index in [1.165, 1.54) is 0 Å². The number of halogens is 5. The zero-order chi connectivity index (χ0) is 24.3. The maximum absolute atomic E-state index is 13.0. The third kappa shape index (κ3) is 6.80. The van der Waals surface area contributed by atoms with Crippen LogP contribution in [0.5, 0.6) is 0 Å². The van der Waals surface area contributed by atoms with Crippen molar-refractivity contribution in [1.82, 2.24) is 9.97 Å². The molecule has 3 aromatic rings. The SMILES string of the molecule is Cl.Nc1nc(N2CCN(c3ccc(NC(=O)Nc4ccc(Cl)cc4)cc3)CC2)cc(C(F)(F)F)n1. The molecule has 1 aromatic heterocycles. The van der Waals surface area contributed by atoms with Gasteiger partial charge in [-0.3, -0.25) is 0 Å². The lowest BCUT2D eigenvalue weighted by Crippen LogP contribution is -2.47. The number of urea groups is 1. The molecule has 2 aromatic carbocycles. The molecule has 0 spiro atoms. The van der Waals surface area contributed by atoms with E-state index in [0.29, 0.717) is 42.6 Å². The maximum atomic E-state index is 13.0. The Bertz CT molecular complexity index is 1150. The van der Waals surface area contributed by atoms with Gasteiger partial charge in [0.1, 0.15) is 5.82 Å². The van der Waals surface area contributed by atoms with Gasteiger partial charge in [0.2, 0.25) is 5.95 Å². The van der Waals surface area contributed by atoms with Crippen LogP contribution in [-0.2, 0) is 6.18 Å². The highest BCUT2D eigenvalue weighted by molar-refractivity contribution is 6.30. The number of alkyl halides is 3. The average Bonchev–Trinajstić information content (AvgIpc) is 2.80. The van der Waals surface area contributed by atoms with Crippen molar-refractivity contribution in [2.75, 3.05) is 52.3 Å². The Morgan fingerprint density at radius 3 is 1.94 bits per heavy atom. The minimum Gasteiger partial charge on any atom is -0.368 e. The summed E-state index contributed by atoms with van der Waals surface area (Å²) in [6, 6.07) is 14.6. The molecular formula is C22H22Cl2F3N7O. The Morgan fingerprint density at radius 1 is 0.886 bits per heavy atom. The van der Waals surface area contributed by atoms with E-state index in [0.717, 1.165) is 11.8 Å². The van der Waals surface area contributed by atoms with Crippen molar-refractivity contribution in [2.24, 2.45) is 0 Å². The van der Waals surface area contributed by atoms with Gasteiger partial charge in [-0.25, -0.2) is 9.78 Å². The van der Waals surface area contributed by atoms with Gasteiger partial charge in [0.15, 0.2) is 5.69 Å². The zero-order valence-corrected chi connectivity index (χ0v) is 19.8. The smallest absolute Gasteiger partial charge is 0.368 e. The largest absolute Gasteiger partial charge is 0.433 e. The van der Waals surface area contributed by atoms with Gasteiger partial charge in [0.05, 0.1) is 0 Å². The number of benzene rings is 2. The van der Waals surface area contributed by atoms with Crippen molar-refractivity contribution < 1.29 is 18.0 Å².